The van der Waals surface area contributed by atoms with Gasteiger partial charge in [0.2, 0.25) is 5.78 Å². The van der Waals surface area contributed by atoms with Gasteiger partial charge in [-0.2, -0.15) is 18.3 Å². The number of ketones is 1. The third-order valence-electron chi connectivity index (χ3n) is 5.99. The molecule has 0 spiro atoms. The second-order valence-electron chi connectivity index (χ2n) is 8.46. The fourth-order valence-corrected chi connectivity index (χ4v) is 4.30. The van der Waals surface area contributed by atoms with Crippen LogP contribution in [-0.2, 0) is 10.9 Å². The Balaban J connectivity index is 1.54. The van der Waals surface area contributed by atoms with Crippen molar-refractivity contribution in [3.8, 4) is 11.4 Å². The van der Waals surface area contributed by atoms with E-state index < -0.39 is 30.1 Å². The molecule has 9 heteroatoms. The fourth-order valence-electron chi connectivity index (χ4n) is 4.30. The second-order valence-corrected chi connectivity index (χ2v) is 8.46. The number of carbonyl (C=O) groups excluding carboxylic acids is 2. The number of carbonyl (C=O) groups is 2. The molecule has 4 aromatic rings. The summed E-state index contributed by atoms with van der Waals surface area (Å²) in [5.41, 5.74) is 2.93. The van der Waals surface area contributed by atoms with Crippen molar-refractivity contribution in [1.29, 1.82) is 0 Å². The molecule has 0 aliphatic heterocycles. The first-order valence-corrected chi connectivity index (χ1v) is 11.2. The minimum atomic E-state index is -4.48. The predicted molar refractivity (Wildman–Crippen MR) is 128 cm³/mol. The molecule has 2 heterocycles. The van der Waals surface area contributed by atoms with Gasteiger partial charge in [0.05, 0.1) is 22.6 Å². The molecule has 0 aliphatic rings. The van der Waals surface area contributed by atoms with Gasteiger partial charge in [-0.05, 0) is 64.1 Å². The molecule has 0 radical (unpaired) electrons. The molecular formula is C27H24F3N3O3. The topological polar surface area (TPSA) is 66.1 Å². The van der Waals surface area contributed by atoms with Crippen molar-refractivity contribution >= 4 is 11.8 Å². The van der Waals surface area contributed by atoms with Gasteiger partial charge in [0.25, 0.3) is 0 Å². The first-order chi connectivity index (χ1) is 17.0. The Labute approximate surface area is 205 Å². The highest BCUT2D eigenvalue weighted by atomic mass is 19.4. The number of alkyl halides is 3. The molecule has 0 bridgehead atoms. The summed E-state index contributed by atoms with van der Waals surface area (Å²) in [6.45, 7) is 6.25. The van der Waals surface area contributed by atoms with Crippen LogP contribution in [0.4, 0.5) is 13.2 Å². The van der Waals surface area contributed by atoms with Crippen molar-refractivity contribution in [2.75, 3.05) is 6.61 Å². The van der Waals surface area contributed by atoms with E-state index in [1.807, 2.05) is 30.3 Å². The maximum Gasteiger partial charge on any atom is 0.416 e. The zero-order valence-corrected chi connectivity index (χ0v) is 20.2. The van der Waals surface area contributed by atoms with Gasteiger partial charge in [-0.1, -0.05) is 24.3 Å². The van der Waals surface area contributed by atoms with Crippen LogP contribution in [0.2, 0.25) is 0 Å². The van der Waals surface area contributed by atoms with Gasteiger partial charge >= 0.3 is 12.1 Å². The van der Waals surface area contributed by atoms with E-state index in [-0.39, 0.29) is 16.8 Å². The lowest BCUT2D eigenvalue weighted by Crippen LogP contribution is -2.16. The Morgan fingerprint density at radius 3 is 2.22 bits per heavy atom. The van der Waals surface area contributed by atoms with Gasteiger partial charge in [-0.3, -0.25) is 4.79 Å². The summed E-state index contributed by atoms with van der Waals surface area (Å²) in [7, 11) is 0. The van der Waals surface area contributed by atoms with Gasteiger partial charge in [-0.15, -0.1) is 0 Å². The van der Waals surface area contributed by atoms with Crippen LogP contribution in [0.3, 0.4) is 0 Å². The van der Waals surface area contributed by atoms with Crippen molar-refractivity contribution in [2.24, 2.45) is 0 Å². The van der Waals surface area contributed by atoms with Crippen LogP contribution in [0.25, 0.3) is 11.4 Å². The zero-order chi connectivity index (χ0) is 26.2. The number of Topliss-reactive ketones (excluding diaryl/α,β-unsaturated/α-hetero) is 1. The quantitative estimate of drug-likeness (QED) is 0.245. The molecule has 0 N–H and O–H groups in total. The number of para-hydroxylation sites is 1. The molecule has 0 unspecified atom stereocenters. The smallest absolute Gasteiger partial charge is 0.416 e. The van der Waals surface area contributed by atoms with Crippen LogP contribution in [0.15, 0.2) is 60.7 Å². The number of halogens is 3. The number of esters is 1. The summed E-state index contributed by atoms with van der Waals surface area (Å²) in [6, 6.07) is 15.8. The van der Waals surface area contributed by atoms with E-state index in [0.717, 1.165) is 17.8 Å². The molecule has 0 aliphatic carbocycles. The van der Waals surface area contributed by atoms with Crippen molar-refractivity contribution < 1.29 is 27.5 Å². The average Bonchev–Trinajstić information content (AvgIpc) is 3.31. The molecule has 2 aromatic heterocycles. The highest BCUT2D eigenvalue weighted by Gasteiger charge is 2.31. The highest BCUT2D eigenvalue weighted by Crippen LogP contribution is 2.31. The summed E-state index contributed by atoms with van der Waals surface area (Å²) in [5.74, 6) is -1.13. The van der Waals surface area contributed by atoms with E-state index in [9.17, 15) is 22.8 Å². The van der Waals surface area contributed by atoms with Gasteiger partial charge in [0.1, 0.15) is 5.56 Å². The number of rotatable bonds is 6. The maximum atomic E-state index is 13.2. The Morgan fingerprint density at radius 1 is 0.889 bits per heavy atom. The minimum absolute atomic E-state index is 0.270. The van der Waals surface area contributed by atoms with E-state index in [1.165, 1.54) is 6.07 Å². The molecule has 6 nitrogen and oxygen atoms in total. The summed E-state index contributed by atoms with van der Waals surface area (Å²) in [5, 5.41) is 4.42. The first-order valence-electron chi connectivity index (χ1n) is 11.2. The molecule has 2 aromatic carbocycles. The summed E-state index contributed by atoms with van der Waals surface area (Å²) in [4.78, 5) is 25.8. The number of benzene rings is 2. The van der Waals surface area contributed by atoms with Crippen LogP contribution >= 0.6 is 0 Å². The number of nitrogens with zero attached hydrogens (tertiary/aromatic N) is 3. The summed E-state index contributed by atoms with van der Waals surface area (Å²) >= 11 is 0. The molecular weight excluding hydrogens is 471 g/mol. The van der Waals surface area contributed by atoms with Crippen LogP contribution in [0.1, 0.15) is 49.1 Å². The number of aryl methyl sites for hydroxylation is 2. The maximum absolute atomic E-state index is 13.2. The number of ether oxygens (including phenoxy) is 1. The Morgan fingerprint density at radius 2 is 1.56 bits per heavy atom. The first kappa shape index (κ1) is 25.0. The van der Waals surface area contributed by atoms with Gasteiger partial charge in [0, 0.05) is 22.6 Å². The number of aromatic nitrogens is 3. The summed E-state index contributed by atoms with van der Waals surface area (Å²) in [6.07, 6.45) is -4.48. The molecule has 0 amide bonds. The number of hydrogen-bond acceptors (Lipinski definition) is 4. The molecule has 4 rings (SSSR count). The average molecular weight is 496 g/mol. The Kier molecular flexibility index (Phi) is 6.58. The molecule has 0 saturated heterocycles. The van der Waals surface area contributed by atoms with Crippen molar-refractivity contribution in [1.82, 2.24) is 14.3 Å². The largest absolute Gasteiger partial charge is 0.454 e. The lowest BCUT2D eigenvalue weighted by Gasteiger charge is -2.13. The lowest BCUT2D eigenvalue weighted by molar-refractivity contribution is -0.137. The van der Waals surface area contributed by atoms with E-state index in [1.54, 1.807) is 49.1 Å². The van der Waals surface area contributed by atoms with E-state index in [0.29, 0.717) is 22.8 Å². The summed E-state index contributed by atoms with van der Waals surface area (Å²) < 4.78 is 48.0. The molecule has 186 valence electrons. The molecule has 0 atom stereocenters. The Hall–Kier alpha value is -4.14. The third-order valence-corrected chi connectivity index (χ3v) is 5.99. The van der Waals surface area contributed by atoms with Crippen molar-refractivity contribution in [3.05, 3.63) is 100 Å². The monoisotopic (exact) mass is 495 g/mol. The van der Waals surface area contributed by atoms with Crippen molar-refractivity contribution in [3.63, 3.8) is 0 Å². The predicted octanol–water partition coefficient (Wildman–Crippen LogP) is 5.96. The second kappa shape index (κ2) is 9.49. The third kappa shape index (κ3) is 4.68. The van der Waals surface area contributed by atoms with Crippen LogP contribution in [0.5, 0.6) is 0 Å². The molecule has 0 saturated carbocycles. The SMILES string of the molecule is Cc1nn(-c2ccccc2)c(C)c1C(=O)OCC(=O)c1cc(C)n(-c2cccc(C(F)(F)F)c2)c1C. The zero-order valence-electron chi connectivity index (χ0n) is 20.2. The van der Waals surface area contributed by atoms with Gasteiger partial charge in [-0.25, -0.2) is 9.48 Å². The number of hydrogen-bond donors (Lipinski definition) is 0. The van der Waals surface area contributed by atoms with Crippen LogP contribution in [-0.4, -0.2) is 32.7 Å². The van der Waals surface area contributed by atoms with Gasteiger partial charge < -0.3 is 9.30 Å². The van der Waals surface area contributed by atoms with Crippen LogP contribution < -0.4 is 0 Å². The van der Waals surface area contributed by atoms with E-state index in [4.69, 9.17) is 4.74 Å². The normalized spacial score (nSPS) is 11.5. The molecule has 0 fully saturated rings. The highest BCUT2D eigenvalue weighted by molar-refractivity contribution is 6.01. The molecule has 36 heavy (non-hydrogen) atoms. The van der Waals surface area contributed by atoms with E-state index in [2.05, 4.69) is 5.10 Å². The van der Waals surface area contributed by atoms with E-state index >= 15 is 0 Å². The lowest BCUT2D eigenvalue weighted by atomic mass is 10.1. The van der Waals surface area contributed by atoms with Crippen LogP contribution in [0, 0.1) is 27.7 Å². The fraction of sp³-hybridized carbons (Fsp3) is 0.222. The Bertz CT molecular complexity index is 1450. The van der Waals surface area contributed by atoms with Gasteiger partial charge in [0.15, 0.2) is 6.61 Å². The standard InChI is InChI=1S/C27H24F3N3O3/c1-16-13-23(18(3)32(16)22-12-8-9-20(14-22)27(28,29)30)24(34)15-36-26(35)25-17(2)31-33(19(25)4)21-10-6-5-7-11-21/h5-14H,15H2,1-4H3. The van der Waals surface area contributed by atoms with Crippen molar-refractivity contribution in [2.45, 2.75) is 33.9 Å². The minimum Gasteiger partial charge on any atom is -0.454 e.